The van der Waals surface area contributed by atoms with E-state index < -0.39 is 0 Å². The zero-order chi connectivity index (χ0) is 19.9. The predicted molar refractivity (Wildman–Crippen MR) is 115 cm³/mol. The molecular weight excluding hydrogens is 370 g/mol. The molecule has 3 aromatic rings. The van der Waals surface area contributed by atoms with Crippen molar-refractivity contribution in [3.63, 3.8) is 0 Å². The van der Waals surface area contributed by atoms with Crippen LogP contribution in [0.15, 0.2) is 58.2 Å². The van der Waals surface area contributed by atoms with Crippen molar-refractivity contribution in [3.05, 3.63) is 60.1 Å². The van der Waals surface area contributed by atoms with Crippen LogP contribution in [0.5, 0.6) is 0 Å². The monoisotopic (exact) mass is 397 g/mol. The molecule has 1 amide bonds. The van der Waals surface area contributed by atoms with Gasteiger partial charge in [0.05, 0.1) is 28.6 Å². The van der Waals surface area contributed by atoms with Crippen LogP contribution in [0, 0.1) is 6.92 Å². The predicted octanol–water partition coefficient (Wildman–Crippen LogP) is 4.43. The highest BCUT2D eigenvalue weighted by atomic mass is 32.2. The van der Waals surface area contributed by atoms with Crippen molar-refractivity contribution < 1.29 is 9.21 Å². The van der Waals surface area contributed by atoms with Crippen molar-refractivity contribution in [2.24, 2.45) is 0 Å². The molecule has 2 aromatic heterocycles. The Hall–Kier alpha value is -2.31. The number of carbonyl (C=O) groups excluding carboxylic acids is 1. The summed E-state index contributed by atoms with van der Waals surface area (Å²) in [6.07, 6.45) is 1.68. The van der Waals surface area contributed by atoms with E-state index in [9.17, 15) is 4.79 Å². The topological polar surface area (TPSA) is 58.4 Å². The smallest absolute Gasteiger partial charge is 0.230 e. The van der Waals surface area contributed by atoms with Gasteiger partial charge in [-0.25, -0.2) is 4.98 Å². The molecule has 0 fully saturated rings. The molecule has 0 aliphatic carbocycles. The van der Waals surface area contributed by atoms with Crippen LogP contribution in [0.1, 0.15) is 31.2 Å². The summed E-state index contributed by atoms with van der Waals surface area (Å²) >= 11 is 1.47. The van der Waals surface area contributed by atoms with Crippen LogP contribution >= 0.6 is 11.8 Å². The Morgan fingerprint density at radius 3 is 2.71 bits per heavy atom. The van der Waals surface area contributed by atoms with Crippen LogP contribution < -0.4 is 5.32 Å². The van der Waals surface area contributed by atoms with Gasteiger partial charge in [-0.2, -0.15) is 0 Å². The molecule has 1 unspecified atom stereocenters. The van der Waals surface area contributed by atoms with E-state index in [1.54, 1.807) is 6.26 Å². The standard InChI is InChI=1S/C22H27N3O2S/c1-4-25(5-2)19(20-11-8-12-27-20)14-23-21(26)15-28-22-13-16(3)17-9-6-7-10-18(17)24-22/h6-13,19H,4-5,14-15H2,1-3H3,(H,23,26). The number of likely N-dealkylation sites (N-methyl/N-ethyl adjacent to an activating group) is 1. The van der Waals surface area contributed by atoms with Gasteiger partial charge in [-0.15, -0.1) is 0 Å². The molecule has 1 N–H and O–H groups in total. The number of benzene rings is 1. The number of nitrogens with one attached hydrogen (secondary N) is 1. The van der Waals surface area contributed by atoms with Gasteiger partial charge >= 0.3 is 0 Å². The minimum Gasteiger partial charge on any atom is -0.468 e. The van der Waals surface area contributed by atoms with Gasteiger partial charge in [0.1, 0.15) is 5.76 Å². The Labute approximate surface area is 170 Å². The number of nitrogens with zero attached hydrogens (tertiary/aromatic N) is 2. The first-order valence-corrected chi connectivity index (χ1v) is 10.6. The number of pyridine rings is 1. The lowest BCUT2D eigenvalue weighted by Crippen LogP contribution is -2.38. The molecule has 0 aliphatic rings. The van der Waals surface area contributed by atoms with Crippen molar-refractivity contribution >= 4 is 28.6 Å². The first-order chi connectivity index (χ1) is 13.6. The van der Waals surface area contributed by atoms with Crippen LogP contribution in [-0.4, -0.2) is 41.2 Å². The van der Waals surface area contributed by atoms with Crippen molar-refractivity contribution in [2.75, 3.05) is 25.4 Å². The zero-order valence-corrected chi connectivity index (χ0v) is 17.5. The normalized spacial score (nSPS) is 12.4. The number of aromatic nitrogens is 1. The Morgan fingerprint density at radius 1 is 1.21 bits per heavy atom. The molecule has 0 aliphatic heterocycles. The maximum Gasteiger partial charge on any atom is 0.230 e. The number of aryl methyl sites for hydroxylation is 1. The summed E-state index contributed by atoms with van der Waals surface area (Å²) in [6, 6.07) is 14.0. The number of hydrogen-bond acceptors (Lipinski definition) is 5. The van der Waals surface area contributed by atoms with Crippen molar-refractivity contribution in [1.29, 1.82) is 0 Å². The van der Waals surface area contributed by atoms with Crippen molar-refractivity contribution in [1.82, 2.24) is 15.2 Å². The van der Waals surface area contributed by atoms with E-state index in [0.717, 1.165) is 34.8 Å². The van der Waals surface area contributed by atoms with Crippen molar-refractivity contribution in [2.45, 2.75) is 31.8 Å². The second kappa shape index (κ2) is 9.75. The Balaban J connectivity index is 1.59. The number of furan rings is 1. The molecule has 0 radical (unpaired) electrons. The molecule has 28 heavy (non-hydrogen) atoms. The summed E-state index contributed by atoms with van der Waals surface area (Å²) in [4.78, 5) is 19.4. The zero-order valence-electron chi connectivity index (χ0n) is 16.6. The van der Waals surface area contributed by atoms with Gasteiger partial charge in [-0.05, 0) is 49.8 Å². The highest BCUT2D eigenvalue weighted by Gasteiger charge is 2.21. The molecule has 0 bridgehead atoms. The van der Waals surface area contributed by atoms with Crippen LogP contribution in [0.25, 0.3) is 10.9 Å². The van der Waals surface area contributed by atoms with E-state index in [1.807, 2.05) is 36.4 Å². The Morgan fingerprint density at radius 2 is 2.00 bits per heavy atom. The number of carbonyl (C=O) groups is 1. The second-order valence-electron chi connectivity index (χ2n) is 6.64. The highest BCUT2D eigenvalue weighted by molar-refractivity contribution is 7.99. The van der Waals surface area contributed by atoms with Gasteiger partial charge in [0.25, 0.3) is 0 Å². The third kappa shape index (κ3) is 4.94. The third-order valence-corrected chi connectivity index (χ3v) is 5.78. The molecule has 3 rings (SSSR count). The van der Waals surface area contributed by atoms with E-state index in [1.165, 1.54) is 17.3 Å². The molecule has 2 heterocycles. The van der Waals surface area contributed by atoms with E-state index in [0.29, 0.717) is 12.3 Å². The number of para-hydroxylation sites is 1. The van der Waals surface area contributed by atoms with Gasteiger partial charge < -0.3 is 9.73 Å². The van der Waals surface area contributed by atoms with Gasteiger partial charge in [-0.3, -0.25) is 9.69 Å². The fourth-order valence-electron chi connectivity index (χ4n) is 3.35. The van der Waals surface area contributed by atoms with Crippen molar-refractivity contribution in [3.8, 4) is 0 Å². The quantitative estimate of drug-likeness (QED) is 0.542. The SMILES string of the molecule is CCN(CC)C(CNC(=O)CSc1cc(C)c2ccccc2n1)c1ccco1. The first kappa shape index (κ1) is 20.4. The first-order valence-electron chi connectivity index (χ1n) is 9.65. The Bertz CT molecular complexity index is 907. The van der Waals surface area contributed by atoms with Gasteiger partial charge in [0, 0.05) is 11.9 Å². The molecule has 1 aromatic carbocycles. The Kier molecular flexibility index (Phi) is 7.12. The number of amides is 1. The van der Waals surface area contributed by atoms with E-state index >= 15 is 0 Å². The van der Waals surface area contributed by atoms with Gasteiger partial charge in [0.2, 0.25) is 5.91 Å². The summed E-state index contributed by atoms with van der Waals surface area (Å²) in [7, 11) is 0. The summed E-state index contributed by atoms with van der Waals surface area (Å²) in [5.74, 6) is 1.22. The van der Waals surface area contributed by atoms with Gasteiger partial charge in [-0.1, -0.05) is 43.8 Å². The highest BCUT2D eigenvalue weighted by Crippen LogP contribution is 2.24. The number of hydrogen-bond donors (Lipinski definition) is 1. The minimum absolute atomic E-state index is 0.00123. The maximum atomic E-state index is 12.4. The lowest BCUT2D eigenvalue weighted by Gasteiger charge is -2.28. The molecule has 0 spiro atoms. The van der Waals surface area contributed by atoms with Crippen LogP contribution in [0.2, 0.25) is 0 Å². The summed E-state index contributed by atoms with van der Waals surface area (Å²) in [5, 5.41) is 5.08. The van der Waals surface area contributed by atoms with Crippen LogP contribution in [0.3, 0.4) is 0 Å². The van der Waals surface area contributed by atoms with Crippen LogP contribution in [0.4, 0.5) is 0 Å². The second-order valence-corrected chi connectivity index (χ2v) is 7.64. The molecule has 0 saturated carbocycles. The van der Waals surface area contributed by atoms with Crippen LogP contribution in [-0.2, 0) is 4.79 Å². The third-order valence-electron chi connectivity index (χ3n) is 4.87. The fraction of sp³-hybridized carbons (Fsp3) is 0.364. The maximum absolute atomic E-state index is 12.4. The van der Waals surface area contributed by atoms with E-state index in [-0.39, 0.29) is 11.9 Å². The average molecular weight is 398 g/mol. The molecule has 148 valence electrons. The number of fused-ring (bicyclic) bond motifs is 1. The van der Waals surface area contributed by atoms with E-state index in [2.05, 4.69) is 42.0 Å². The molecule has 6 heteroatoms. The lowest BCUT2D eigenvalue weighted by atomic mass is 10.1. The fourth-order valence-corrected chi connectivity index (χ4v) is 4.15. The molecule has 0 saturated heterocycles. The summed E-state index contributed by atoms with van der Waals surface area (Å²) in [5.41, 5.74) is 2.14. The number of rotatable bonds is 9. The van der Waals surface area contributed by atoms with Gasteiger partial charge in [0.15, 0.2) is 0 Å². The van der Waals surface area contributed by atoms with E-state index in [4.69, 9.17) is 4.42 Å². The largest absolute Gasteiger partial charge is 0.468 e. The number of thioether (sulfide) groups is 1. The molecule has 1 atom stereocenters. The lowest BCUT2D eigenvalue weighted by molar-refractivity contribution is -0.118. The minimum atomic E-state index is 0.00123. The molecular formula is C22H27N3O2S. The average Bonchev–Trinajstić information content (AvgIpc) is 3.24. The summed E-state index contributed by atoms with van der Waals surface area (Å²) in [6.45, 7) is 8.63. The molecule has 5 nitrogen and oxygen atoms in total. The summed E-state index contributed by atoms with van der Waals surface area (Å²) < 4.78 is 5.59.